The van der Waals surface area contributed by atoms with E-state index >= 15 is 0 Å². The van der Waals surface area contributed by atoms with Crippen LogP contribution in [0, 0.1) is 18.8 Å². The highest BCUT2D eigenvalue weighted by Gasteiger charge is 2.06. The summed E-state index contributed by atoms with van der Waals surface area (Å²) in [5, 5.41) is 1.10. The minimum Gasteiger partial charge on any atom is -0.358 e. The van der Waals surface area contributed by atoms with Gasteiger partial charge in [-0.3, -0.25) is 0 Å². The summed E-state index contributed by atoms with van der Waals surface area (Å²) in [5.74, 6) is -0.220. The summed E-state index contributed by atoms with van der Waals surface area (Å²) in [6.07, 6.45) is 0. The van der Waals surface area contributed by atoms with Crippen molar-refractivity contribution < 1.29 is 4.39 Å². The molecule has 0 amide bonds. The smallest absolute Gasteiger partial charge is 0.123 e. The van der Waals surface area contributed by atoms with Gasteiger partial charge in [-0.25, -0.2) is 4.39 Å². The van der Waals surface area contributed by atoms with Gasteiger partial charge in [0.05, 0.1) is 5.52 Å². The Morgan fingerprint density at radius 1 is 1.18 bits per heavy atom. The first-order chi connectivity index (χ1) is 8.24. The monoisotopic (exact) mass is 224 g/mol. The van der Waals surface area contributed by atoms with Crippen molar-refractivity contribution in [1.29, 1.82) is 0 Å². The van der Waals surface area contributed by atoms with Crippen molar-refractivity contribution in [1.82, 2.24) is 4.98 Å². The first kappa shape index (κ1) is 10.1. The van der Waals surface area contributed by atoms with Gasteiger partial charge in [-0.05, 0) is 48.9 Å². The van der Waals surface area contributed by atoms with E-state index in [4.69, 9.17) is 0 Å². The van der Waals surface area contributed by atoms with Gasteiger partial charge in [0.15, 0.2) is 0 Å². The van der Waals surface area contributed by atoms with Crippen LogP contribution >= 0.6 is 0 Å². The van der Waals surface area contributed by atoms with Crippen LogP contribution < -0.4 is 0 Å². The molecule has 0 aliphatic rings. The van der Waals surface area contributed by atoms with E-state index in [1.165, 1.54) is 6.07 Å². The van der Waals surface area contributed by atoms with Crippen LogP contribution in [-0.2, 0) is 0 Å². The Labute approximate surface area is 98.9 Å². The zero-order chi connectivity index (χ0) is 11.8. The molecule has 1 heterocycles. The summed E-state index contributed by atoms with van der Waals surface area (Å²) >= 11 is 0. The SMILES string of the molecule is Cc1cc2c[c]cc(-c3cccc(F)c3)c2[nH]1. The van der Waals surface area contributed by atoms with E-state index in [1.54, 1.807) is 12.1 Å². The lowest BCUT2D eigenvalue weighted by Crippen LogP contribution is -1.82. The lowest BCUT2D eigenvalue weighted by molar-refractivity contribution is 0.628. The minimum absolute atomic E-state index is 0.220. The van der Waals surface area contributed by atoms with Crippen molar-refractivity contribution in [3.63, 3.8) is 0 Å². The standard InChI is InChI=1S/C15H11FN/c1-10-8-12-5-3-7-14(15(12)17-10)11-4-2-6-13(16)9-11/h2,4-9,17H,1H3. The fourth-order valence-electron chi connectivity index (χ4n) is 2.12. The molecule has 0 aliphatic heterocycles. The third-order valence-electron chi connectivity index (χ3n) is 2.85. The first-order valence-electron chi connectivity index (χ1n) is 5.49. The summed E-state index contributed by atoms with van der Waals surface area (Å²) in [4.78, 5) is 3.30. The maximum absolute atomic E-state index is 13.2. The van der Waals surface area contributed by atoms with Gasteiger partial charge in [0.2, 0.25) is 0 Å². The lowest BCUT2D eigenvalue weighted by atomic mass is 10.0. The fourth-order valence-corrected chi connectivity index (χ4v) is 2.12. The number of fused-ring (bicyclic) bond motifs is 1. The highest BCUT2D eigenvalue weighted by atomic mass is 19.1. The molecule has 0 saturated carbocycles. The van der Waals surface area contributed by atoms with Gasteiger partial charge >= 0.3 is 0 Å². The van der Waals surface area contributed by atoms with E-state index in [-0.39, 0.29) is 5.82 Å². The van der Waals surface area contributed by atoms with Crippen LogP contribution in [0.4, 0.5) is 4.39 Å². The average Bonchev–Trinajstić information content (AvgIpc) is 2.68. The summed E-state index contributed by atoms with van der Waals surface area (Å²) < 4.78 is 13.2. The third kappa shape index (κ3) is 1.72. The van der Waals surface area contributed by atoms with Crippen LogP contribution in [0.2, 0.25) is 0 Å². The Hall–Kier alpha value is -2.09. The van der Waals surface area contributed by atoms with Crippen molar-refractivity contribution >= 4 is 10.9 Å². The number of rotatable bonds is 1. The second-order valence-electron chi connectivity index (χ2n) is 4.16. The lowest BCUT2D eigenvalue weighted by Gasteiger charge is -2.03. The molecular weight excluding hydrogens is 213 g/mol. The zero-order valence-electron chi connectivity index (χ0n) is 9.42. The Morgan fingerprint density at radius 2 is 2.06 bits per heavy atom. The number of benzene rings is 2. The highest BCUT2D eigenvalue weighted by Crippen LogP contribution is 2.28. The Balaban J connectivity index is 2.30. The van der Waals surface area contributed by atoms with Crippen LogP contribution in [-0.4, -0.2) is 4.98 Å². The first-order valence-corrected chi connectivity index (χ1v) is 5.49. The molecule has 2 heteroatoms. The predicted molar refractivity (Wildman–Crippen MR) is 67.3 cm³/mol. The molecule has 0 saturated heterocycles. The third-order valence-corrected chi connectivity index (χ3v) is 2.85. The highest BCUT2D eigenvalue weighted by molar-refractivity contribution is 5.94. The largest absolute Gasteiger partial charge is 0.358 e. The maximum Gasteiger partial charge on any atom is 0.123 e. The minimum atomic E-state index is -0.220. The normalized spacial score (nSPS) is 10.9. The molecule has 3 rings (SSSR count). The van der Waals surface area contributed by atoms with Gasteiger partial charge in [0.1, 0.15) is 5.82 Å². The molecule has 2 aromatic carbocycles. The van der Waals surface area contributed by atoms with Crippen LogP contribution in [0.1, 0.15) is 5.69 Å². The molecule has 0 bridgehead atoms. The molecule has 0 unspecified atom stereocenters. The number of aryl methyl sites for hydroxylation is 1. The van der Waals surface area contributed by atoms with Crippen LogP contribution in [0.5, 0.6) is 0 Å². The molecule has 1 N–H and O–H groups in total. The molecule has 1 aromatic heterocycles. The van der Waals surface area contributed by atoms with Gasteiger partial charge in [-0.2, -0.15) is 0 Å². The number of nitrogens with one attached hydrogen (secondary N) is 1. The second-order valence-corrected chi connectivity index (χ2v) is 4.16. The molecule has 83 valence electrons. The summed E-state index contributed by atoms with van der Waals surface area (Å²) in [7, 11) is 0. The zero-order valence-corrected chi connectivity index (χ0v) is 9.42. The van der Waals surface area contributed by atoms with E-state index in [1.807, 2.05) is 25.1 Å². The molecule has 0 fully saturated rings. The summed E-state index contributed by atoms with van der Waals surface area (Å²) in [5.41, 5.74) is 3.98. The number of H-pyrrole nitrogens is 1. The summed E-state index contributed by atoms with van der Waals surface area (Å²) in [6.45, 7) is 2.01. The van der Waals surface area contributed by atoms with E-state index < -0.39 is 0 Å². The Kier molecular flexibility index (Phi) is 2.22. The van der Waals surface area contributed by atoms with Crippen LogP contribution in [0.3, 0.4) is 0 Å². The van der Waals surface area contributed by atoms with Gasteiger partial charge in [-0.15, -0.1) is 0 Å². The van der Waals surface area contributed by atoms with E-state index in [2.05, 4.69) is 17.1 Å². The molecule has 17 heavy (non-hydrogen) atoms. The molecule has 0 aliphatic carbocycles. The second kappa shape index (κ2) is 3.74. The average molecular weight is 224 g/mol. The van der Waals surface area contributed by atoms with Crippen molar-refractivity contribution in [2.75, 3.05) is 0 Å². The Morgan fingerprint density at radius 3 is 2.88 bits per heavy atom. The number of hydrogen-bond donors (Lipinski definition) is 1. The number of halogens is 1. The predicted octanol–water partition coefficient (Wildman–Crippen LogP) is 4.08. The summed E-state index contributed by atoms with van der Waals surface area (Å²) in [6, 6.07) is 15.6. The van der Waals surface area contributed by atoms with Gasteiger partial charge in [-0.1, -0.05) is 12.1 Å². The topological polar surface area (TPSA) is 15.8 Å². The van der Waals surface area contributed by atoms with Crippen molar-refractivity contribution in [3.8, 4) is 11.1 Å². The van der Waals surface area contributed by atoms with Gasteiger partial charge in [0, 0.05) is 16.6 Å². The molecule has 3 aromatic rings. The van der Waals surface area contributed by atoms with E-state index in [0.29, 0.717) is 0 Å². The Bertz CT molecular complexity index is 682. The van der Waals surface area contributed by atoms with Crippen molar-refractivity contribution in [2.24, 2.45) is 0 Å². The van der Waals surface area contributed by atoms with Crippen molar-refractivity contribution in [3.05, 3.63) is 60.0 Å². The number of hydrogen-bond acceptors (Lipinski definition) is 0. The fraction of sp³-hybridized carbons (Fsp3) is 0.0667. The quantitative estimate of drug-likeness (QED) is 0.641. The molecule has 1 radical (unpaired) electrons. The maximum atomic E-state index is 13.2. The molecular formula is C15H11FN. The van der Waals surface area contributed by atoms with Gasteiger partial charge < -0.3 is 4.98 Å². The number of aromatic nitrogens is 1. The van der Waals surface area contributed by atoms with Crippen LogP contribution in [0.15, 0.2) is 42.5 Å². The van der Waals surface area contributed by atoms with E-state index in [0.717, 1.165) is 27.7 Å². The molecule has 0 spiro atoms. The van der Waals surface area contributed by atoms with E-state index in [9.17, 15) is 4.39 Å². The van der Waals surface area contributed by atoms with Gasteiger partial charge in [0.25, 0.3) is 0 Å². The van der Waals surface area contributed by atoms with Crippen LogP contribution in [0.25, 0.3) is 22.0 Å². The molecule has 1 nitrogen and oxygen atoms in total. The molecule has 0 atom stereocenters. The van der Waals surface area contributed by atoms with Crippen molar-refractivity contribution in [2.45, 2.75) is 6.92 Å². The number of aromatic amines is 1.